The summed E-state index contributed by atoms with van der Waals surface area (Å²) in [6.45, 7) is 2.92. The van der Waals surface area contributed by atoms with E-state index in [0.29, 0.717) is 24.3 Å². The Hall–Kier alpha value is -1.44. The molecule has 0 spiro atoms. The van der Waals surface area contributed by atoms with Crippen LogP contribution in [0.4, 0.5) is 5.69 Å². The first kappa shape index (κ1) is 20.3. The van der Waals surface area contributed by atoms with Crippen LogP contribution in [0.25, 0.3) is 0 Å². The number of rotatable bonds is 6. The summed E-state index contributed by atoms with van der Waals surface area (Å²) in [5, 5.41) is 2.78. The number of carbonyl (C=O) groups excluding carboxylic acids is 1. The number of aryl methyl sites for hydroxylation is 1. The topological polar surface area (TPSA) is 75.7 Å². The highest BCUT2D eigenvalue weighted by Gasteiger charge is 2.27. The van der Waals surface area contributed by atoms with Crippen LogP contribution in [0.2, 0.25) is 0 Å². The van der Waals surface area contributed by atoms with E-state index in [1.54, 1.807) is 29.4 Å². The Kier molecular flexibility index (Phi) is 6.89. The van der Waals surface area contributed by atoms with Gasteiger partial charge in [0.05, 0.1) is 11.0 Å². The second-order valence-corrected chi connectivity index (χ2v) is 9.47. The van der Waals surface area contributed by atoms with Crippen LogP contribution >= 0.6 is 0 Å². The lowest BCUT2D eigenvalue weighted by atomic mass is 9.98. The van der Waals surface area contributed by atoms with Gasteiger partial charge >= 0.3 is 0 Å². The van der Waals surface area contributed by atoms with Crippen molar-refractivity contribution in [3.05, 3.63) is 23.8 Å². The maximum atomic E-state index is 13.0. The summed E-state index contributed by atoms with van der Waals surface area (Å²) in [6.07, 6.45) is 8.60. The summed E-state index contributed by atoms with van der Waals surface area (Å²) in [4.78, 5) is 12.5. The van der Waals surface area contributed by atoms with Crippen molar-refractivity contribution in [1.29, 1.82) is 0 Å². The summed E-state index contributed by atoms with van der Waals surface area (Å²) in [7, 11) is -3.53. The van der Waals surface area contributed by atoms with Gasteiger partial charge in [-0.05, 0) is 50.3 Å². The quantitative estimate of drug-likeness (QED) is 0.802. The number of benzene rings is 1. The third-order valence-corrected chi connectivity index (χ3v) is 7.45. The molecule has 6 nitrogen and oxygen atoms in total. The van der Waals surface area contributed by atoms with Gasteiger partial charge in [0.1, 0.15) is 6.61 Å². The van der Waals surface area contributed by atoms with E-state index >= 15 is 0 Å². The molecule has 1 aromatic carbocycles. The summed E-state index contributed by atoms with van der Waals surface area (Å²) in [6, 6.07) is 5.05. The van der Waals surface area contributed by atoms with Crippen molar-refractivity contribution in [2.45, 2.75) is 69.3 Å². The van der Waals surface area contributed by atoms with Gasteiger partial charge in [-0.3, -0.25) is 4.79 Å². The minimum Gasteiger partial charge on any atom is -0.368 e. The molecule has 1 saturated heterocycles. The first-order valence-corrected chi connectivity index (χ1v) is 11.4. The fraction of sp³-hybridized carbons (Fsp3) is 0.650. The smallest absolute Gasteiger partial charge is 0.250 e. The minimum atomic E-state index is -3.53. The van der Waals surface area contributed by atoms with Crippen molar-refractivity contribution >= 4 is 21.6 Å². The van der Waals surface area contributed by atoms with Crippen molar-refractivity contribution in [2.24, 2.45) is 0 Å². The molecule has 0 radical (unpaired) electrons. The number of ether oxygens (including phenoxy) is 1. The number of carbonyl (C=O) groups is 1. The van der Waals surface area contributed by atoms with Gasteiger partial charge in [-0.1, -0.05) is 31.7 Å². The number of amides is 1. The van der Waals surface area contributed by atoms with E-state index in [1.165, 1.54) is 6.42 Å². The number of hydrogen-bond donors (Lipinski definition) is 1. The van der Waals surface area contributed by atoms with Gasteiger partial charge in [0.25, 0.3) is 0 Å². The highest BCUT2D eigenvalue weighted by molar-refractivity contribution is 7.89. The molecule has 1 aromatic rings. The molecule has 1 aliphatic heterocycles. The maximum absolute atomic E-state index is 13.0. The Morgan fingerprint density at radius 3 is 2.48 bits per heavy atom. The average Bonchev–Trinajstić information content (AvgIpc) is 2.69. The predicted octanol–water partition coefficient (Wildman–Crippen LogP) is 3.46. The summed E-state index contributed by atoms with van der Waals surface area (Å²) >= 11 is 0. The van der Waals surface area contributed by atoms with Crippen LogP contribution in [0, 0.1) is 6.92 Å². The summed E-state index contributed by atoms with van der Waals surface area (Å²) in [5.74, 6) is -0.245. The van der Waals surface area contributed by atoms with Crippen LogP contribution in [0.3, 0.4) is 0 Å². The normalized spacial score (nSPS) is 19.7. The van der Waals surface area contributed by atoms with Gasteiger partial charge in [-0.2, -0.15) is 4.31 Å². The van der Waals surface area contributed by atoms with Gasteiger partial charge in [0, 0.05) is 18.8 Å². The van der Waals surface area contributed by atoms with Crippen LogP contribution in [-0.2, 0) is 19.6 Å². The first-order valence-electron chi connectivity index (χ1n) is 9.99. The Bertz CT molecular complexity index is 751. The maximum Gasteiger partial charge on any atom is 0.250 e. The zero-order valence-corrected chi connectivity index (χ0v) is 16.9. The standard InChI is InChI=1S/C20H30N2O4S/c1-16-10-11-17(21-20(23)15-26-18-8-4-2-5-9-18)14-19(16)27(24,25)22-12-6-3-7-13-22/h10-11,14,18H,2-9,12-13,15H2,1H3,(H,21,23). The SMILES string of the molecule is Cc1ccc(NC(=O)COC2CCCCC2)cc1S(=O)(=O)N1CCCCC1. The van der Waals surface area contributed by atoms with Crippen molar-refractivity contribution in [3.8, 4) is 0 Å². The molecule has 1 N–H and O–H groups in total. The minimum absolute atomic E-state index is 0.00670. The van der Waals surface area contributed by atoms with Gasteiger partial charge in [-0.25, -0.2) is 8.42 Å². The zero-order chi connectivity index (χ0) is 19.3. The molecule has 27 heavy (non-hydrogen) atoms. The lowest BCUT2D eigenvalue weighted by molar-refractivity contribution is -0.123. The summed E-state index contributed by atoms with van der Waals surface area (Å²) in [5.41, 5.74) is 1.19. The molecule has 2 aliphatic rings. The predicted molar refractivity (Wildman–Crippen MR) is 105 cm³/mol. The largest absolute Gasteiger partial charge is 0.368 e. The Labute approximate surface area is 162 Å². The van der Waals surface area contributed by atoms with Gasteiger partial charge < -0.3 is 10.1 Å². The van der Waals surface area contributed by atoms with Crippen molar-refractivity contribution in [3.63, 3.8) is 0 Å². The van der Waals surface area contributed by atoms with E-state index in [4.69, 9.17) is 4.74 Å². The fourth-order valence-electron chi connectivity index (χ4n) is 3.82. The molecule has 1 heterocycles. The molecule has 1 saturated carbocycles. The van der Waals surface area contributed by atoms with Crippen LogP contribution in [0.1, 0.15) is 56.9 Å². The molecule has 0 unspecified atom stereocenters. The highest BCUT2D eigenvalue weighted by Crippen LogP contribution is 2.26. The van der Waals surface area contributed by atoms with Crippen LogP contribution < -0.4 is 5.32 Å². The number of hydrogen-bond acceptors (Lipinski definition) is 4. The van der Waals surface area contributed by atoms with Crippen LogP contribution in [0.15, 0.2) is 23.1 Å². The van der Waals surface area contributed by atoms with E-state index < -0.39 is 10.0 Å². The highest BCUT2D eigenvalue weighted by atomic mass is 32.2. The second-order valence-electron chi connectivity index (χ2n) is 7.56. The van der Waals surface area contributed by atoms with Crippen molar-refractivity contribution in [1.82, 2.24) is 4.31 Å². The number of piperidine rings is 1. The number of anilines is 1. The monoisotopic (exact) mass is 394 g/mol. The Morgan fingerprint density at radius 2 is 1.78 bits per heavy atom. The van der Waals surface area contributed by atoms with Gasteiger partial charge in [0.15, 0.2) is 0 Å². The van der Waals surface area contributed by atoms with Crippen LogP contribution in [0.5, 0.6) is 0 Å². The molecule has 150 valence electrons. The number of nitrogens with one attached hydrogen (secondary N) is 1. The Balaban J connectivity index is 1.64. The van der Waals surface area contributed by atoms with E-state index in [9.17, 15) is 13.2 Å². The van der Waals surface area contributed by atoms with Crippen LogP contribution in [-0.4, -0.2) is 44.4 Å². The van der Waals surface area contributed by atoms with E-state index in [1.807, 2.05) is 0 Å². The molecule has 1 aliphatic carbocycles. The van der Waals surface area contributed by atoms with Gasteiger partial charge in [-0.15, -0.1) is 0 Å². The second kappa shape index (κ2) is 9.17. The van der Waals surface area contributed by atoms with E-state index in [-0.39, 0.29) is 23.5 Å². The third-order valence-electron chi connectivity index (χ3n) is 5.41. The molecule has 7 heteroatoms. The zero-order valence-electron chi connectivity index (χ0n) is 16.1. The lowest BCUT2D eigenvalue weighted by Gasteiger charge is -2.26. The van der Waals surface area contributed by atoms with E-state index in [0.717, 1.165) is 44.9 Å². The lowest BCUT2D eigenvalue weighted by Crippen LogP contribution is -2.36. The number of nitrogens with zero attached hydrogens (tertiary/aromatic N) is 1. The van der Waals surface area contributed by atoms with Crippen molar-refractivity contribution in [2.75, 3.05) is 25.0 Å². The third kappa shape index (κ3) is 5.30. The molecule has 0 aromatic heterocycles. The van der Waals surface area contributed by atoms with Gasteiger partial charge in [0.2, 0.25) is 15.9 Å². The summed E-state index contributed by atoms with van der Waals surface area (Å²) < 4.78 is 33.2. The molecule has 0 bridgehead atoms. The molecule has 1 amide bonds. The Morgan fingerprint density at radius 1 is 1.11 bits per heavy atom. The first-order chi connectivity index (χ1) is 13.0. The van der Waals surface area contributed by atoms with E-state index in [2.05, 4.69) is 5.32 Å². The molecular formula is C20H30N2O4S. The van der Waals surface area contributed by atoms with Crippen molar-refractivity contribution < 1.29 is 17.9 Å². The molecule has 3 rings (SSSR count). The molecule has 2 fully saturated rings. The molecule has 0 atom stereocenters. The number of sulfonamides is 1. The average molecular weight is 395 g/mol. The molecular weight excluding hydrogens is 364 g/mol. The fourth-order valence-corrected chi connectivity index (χ4v) is 5.59.